The molecule has 2 rings (SSSR count). The van der Waals surface area contributed by atoms with E-state index in [1.54, 1.807) is 24.3 Å². The molecule has 9 heteroatoms. The van der Waals surface area contributed by atoms with Crippen molar-refractivity contribution in [3.63, 3.8) is 0 Å². The van der Waals surface area contributed by atoms with Gasteiger partial charge in [-0.25, -0.2) is 9.59 Å². The number of hydrogen-bond acceptors (Lipinski definition) is 7. The van der Waals surface area contributed by atoms with E-state index < -0.39 is 12.0 Å². The van der Waals surface area contributed by atoms with Gasteiger partial charge in [0.05, 0.1) is 6.23 Å². The molecule has 0 aliphatic carbocycles. The molecule has 2 aromatic rings. The molecule has 2 aromatic carbocycles. The summed E-state index contributed by atoms with van der Waals surface area (Å²) < 4.78 is 10.2. The Hall–Kier alpha value is -2.97. The molecule has 0 heterocycles. The van der Waals surface area contributed by atoms with Crippen LogP contribution in [0.1, 0.15) is 31.4 Å². The molecule has 0 aromatic heterocycles. The highest BCUT2D eigenvalue weighted by atomic mass is 16.5. The van der Waals surface area contributed by atoms with Crippen molar-refractivity contribution in [2.24, 2.45) is 16.6 Å². The summed E-state index contributed by atoms with van der Waals surface area (Å²) in [7, 11) is 0.632. The minimum absolute atomic E-state index is 0.142. The molecule has 165 valence electrons. The van der Waals surface area contributed by atoms with E-state index in [2.05, 4.69) is 9.65 Å². The first-order chi connectivity index (χ1) is 14.8. The highest BCUT2D eigenvalue weighted by Crippen LogP contribution is 2.16. The van der Waals surface area contributed by atoms with Crippen LogP contribution in [0.4, 0.5) is 0 Å². The fourth-order valence-electron chi connectivity index (χ4n) is 2.54. The Kier molecular flexibility index (Phi) is 12.6. The van der Waals surface area contributed by atoms with Crippen LogP contribution in [0.3, 0.4) is 0 Å². The van der Waals surface area contributed by atoms with E-state index in [4.69, 9.17) is 20.6 Å². The number of nitrogens with two attached hydrogens (primary N) is 1. The summed E-state index contributed by atoms with van der Waals surface area (Å²) in [6.07, 6.45) is 1.83. The number of carboxylic acids is 1. The van der Waals surface area contributed by atoms with Gasteiger partial charge >= 0.3 is 13.7 Å². The van der Waals surface area contributed by atoms with Gasteiger partial charge in [0, 0.05) is 6.42 Å². The van der Waals surface area contributed by atoms with Gasteiger partial charge in [-0.3, -0.25) is 0 Å². The van der Waals surface area contributed by atoms with Crippen LogP contribution in [-0.2, 0) is 27.3 Å². The minimum atomic E-state index is -1.15. The molecule has 0 spiro atoms. The quantitative estimate of drug-likeness (QED) is 0.217. The Morgan fingerprint density at radius 1 is 1.13 bits per heavy atom. The fraction of sp³-hybridized carbons (Fsp3) is 0.364. The van der Waals surface area contributed by atoms with Crippen molar-refractivity contribution in [2.75, 3.05) is 0 Å². The second-order valence-electron chi connectivity index (χ2n) is 7.11. The Labute approximate surface area is 183 Å². The van der Waals surface area contributed by atoms with E-state index in [0.29, 0.717) is 26.0 Å². The number of aliphatic imine (C=N–C) groups is 1. The van der Waals surface area contributed by atoms with Gasteiger partial charge in [-0.15, -0.1) is 0 Å². The maximum absolute atomic E-state index is 10.9. The second-order valence-corrected chi connectivity index (χ2v) is 7.11. The SMILES string of the molecule is CC(C)C[C@H](N)O[B]O.O=C=N[C@@H](Cc1ccc(OCc2ccccc2)cc1)C(=O)O. The van der Waals surface area contributed by atoms with Crippen LogP contribution in [0.25, 0.3) is 0 Å². The minimum Gasteiger partial charge on any atom is -0.489 e. The number of isocyanates is 1. The molecule has 0 fully saturated rings. The molecule has 0 aliphatic heterocycles. The second kappa shape index (κ2) is 14.9. The Morgan fingerprint density at radius 3 is 2.29 bits per heavy atom. The highest BCUT2D eigenvalue weighted by Gasteiger charge is 2.16. The van der Waals surface area contributed by atoms with Gasteiger partial charge in [-0.05, 0) is 35.6 Å². The van der Waals surface area contributed by atoms with Gasteiger partial charge in [-0.2, -0.15) is 4.99 Å². The van der Waals surface area contributed by atoms with Gasteiger partial charge in [0.25, 0.3) is 0 Å². The average Bonchev–Trinajstić information content (AvgIpc) is 2.73. The summed E-state index contributed by atoms with van der Waals surface area (Å²) >= 11 is 0. The molecule has 4 N–H and O–H groups in total. The lowest BCUT2D eigenvalue weighted by atomic mass is 10.1. The van der Waals surface area contributed by atoms with Crippen LogP contribution in [0, 0.1) is 5.92 Å². The molecule has 0 unspecified atom stereocenters. The van der Waals surface area contributed by atoms with Crippen molar-refractivity contribution >= 4 is 19.7 Å². The average molecular weight is 427 g/mol. The van der Waals surface area contributed by atoms with Crippen molar-refractivity contribution in [3.8, 4) is 5.75 Å². The summed E-state index contributed by atoms with van der Waals surface area (Å²) in [4.78, 5) is 24.4. The number of carbonyl (C=O) groups excluding carboxylic acids is 1. The number of aliphatic carboxylic acids is 1. The van der Waals surface area contributed by atoms with E-state index in [0.717, 1.165) is 17.5 Å². The summed E-state index contributed by atoms with van der Waals surface area (Å²) in [5, 5.41) is 17.1. The van der Waals surface area contributed by atoms with E-state index in [-0.39, 0.29) is 12.6 Å². The van der Waals surface area contributed by atoms with Crippen molar-refractivity contribution in [3.05, 3.63) is 65.7 Å². The van der Waals surface area contributed by atoms with Crippen LogP contribution < -0.4 is 10.5 Å². The summed E-state index contributed by atoms with van der Waals surface area (Å²) in [5.74, 6) is 0.0473. The number of nitrogens with zero attached hydrogens (tertiary/aromatic N) is 1. The van der Waals surface area contributed by atoms with Gasteiger partial charge in [-0.1, -0.05) is 56.3 Å². The number of carboxylic acid groups (broad SMARTS) is 1. The molecule has 31 heavy (non-hydrogen) atoms. The normalized spacial score (nSPS) is 12.0. The zero-order valence-corrected chi connectivity index (χ0v) is 17.7. The number of ether oxygens (including phenoxy) is 1. The molecule has 0 amide bonds. The lowest BCUT2D eigenvalue weighted by Crippen LogP contribution is -2.27. The van der Waals surface area contributed by atoms with E-state index in [1.165, 1.54) is 6.08 Å². The maximum Gasteiger partial charge on any atom is 0.486 e. The van der Waals surface area contributed by atoms with Gasteiger partial charge < -0.3 is 25.3 Å². The molecule has 0 saturated carbocycles. The predicted molar refractivity (Wildman–Crippen MR) is 117 cm³/mol. The van der Waals surface area contributed by atoms with Crippen molar-refractivity contribution in [1.29, 1.82) is 0 Å². The molecular weight excluding hydrogens is 399 g/mol. The number of rotatable bonds is 11. The molecule has 1 radical (unpaired) electrons. The molecular formula is C22H28BN2O6. The van der Waals surface area contributed by atoms with Crippen LogP contribution in [0.15, 0.2) is 59.6 Å². The first kappa shape index (κ1) is 26.1. The third-order valence-electron chi connectivity index (χ3n) is 4.03. The van der Waals surface area contributed by atoms with Gasteiger partial charge in [0.15, 0.2) is 6.04 Å². The molecule has 2 atom stereocenters. The van der Waals surface area contributed by atoms with Crippen LogP contribution >= 0.6 is 0 Å². The first-order valence-electron chi connectivity index (χ1n) is 9.78. The monoisotopic (exact) mass is 427 g/mol. The van der Waals surface area contributed by atoms with Crippen LogP contribution in [-0.4, -0.2) is 42.1 Å². The molecule has 0 aliphatic rings. The fourth-order valence-corrected chi connectivity index (χ4v) is 2.54. The van der Waals surface area contributed by atoms with Gasteiger partial charge in [0.2, 0.25) is 6.08 Å². The molecule has 8 nitrogen and oxygen atoms in total. The van der Waals surface area contributed by atoms with Crippen molar-refractivity contribution in [2.45, 2.75) is 45.6 Å². The maximum atomic E-state index is 10.9. The lowest BCUT2D eigenvalue weighted by molar-refractivity contribution is -0.138. The number of hydrogen-bond donors (Lipinski definition) is 3. The summed E-state index contributed by atoms with van der Waals surface area (Å²) in [6.45, 7) is 4.55. The van der Waals surface area contributed by atoms with E-state index >= 15 is 0 Å². The zero-order valence-electron chi connectivity index (χ0n) is 17.7. The third kappa shape index (κ3) is 11.7. The standard InChI is InChI=1S/C17H15NO4.C5H13BNO2/c19-12-18-16(17(20)21)10-13-6-8-15(9-7-13)22-11-14-4-2-1-3-5-14;1-4(2)3-5(7)9-6-8/h1-9,16H,10-11H2,(H,20,21);4-5,8H,3,7H2,1-2H3/t16-;5-/m01/s1. The zero-order chi connectivity index (χ0) is 23.1. The largest absolute Gasteiger partial charge is 0.489 e. The van der Waals surface area contributed by atoms with Crippen LogP contribution in [0.5, 0.6) is 5.75 Å². The summed E-state index contributed by atoms with van der Waals surface area (Å²) in [5.41, 5.74) is 7.20. The Morgan fingerprint density at radius 2 is 1.77 bits per heavy atom. The number of carbonyl (C=O) groups is 1. The van der Waals surface area contributed by atoms with E-state index in [1.807, 2.05) is 44.2 Å². The summed E-state index contributed by atoms with van der Waals surface area (Å²) in [6, 6.07) is 15.7. The highest BCUT2D eigenvalue weighted by molar-refractivity contribution is 6.15. The van der Waals surface area contributed by atoms with Crippen LogP contribution in [0.2, 0.25) is 0 Å². The van der Waals surface area contributed by atoms with Crippen molar-refractivity contribution < 1.29 is 29.1 Å². The lowest BCUT2D eigenvalue weighted by Gasteiger charge is -2.12. The predicted octanol–water partition coefficient (Wildman–Crippen LogP) is 2.46. The smallest absolute Gasteiger partial charge is 0.486 e. The molecule has 0 bridgehead atoms. The Bertz CT molecular complexity index is 809. The van der Waals surface area contributed by atoms with Gasteiger partial charge in [0.1, 0.15) is 12.4 Å². The third-order valence-corrected chi connectivity index (χ3v) is 4.03. The van der Waals surface area contributed by atoms with Crippen molar-refractivity contribution in [1.82, 2.24) is 0 Å². The topological polar surface area (TPSA) is 131 Å². The number of benzene rings is 2. The molecule has 0 saturated heterocycles. The first-order valence-corrected chi connectivity index (χ1v) is 9.78. The Balaban J connectivity index is 0.000000452. The van der Waals surface area contributed by atoms with E-state index in [9.17, 15) is 9.59 Å².